The van der Waals surface area contributed by atoms with Crippen LogP contribution in [0.15, 0.2) is 0 Å². The number of aromatic nitrogens is 1. The Bertz CT molecular complexity index is 329. The Morgan fingerprint density at radius 3 is 2.58 bits per heavy atom. The standard InChI is InChI=1S/C7H9N3OS/c8-6-5(12-7(9)10-6)4(11)3-1-2-3/h3H,1-2,8H2,(H2,9,10). The zero-order valence-electron chi connectivity index (χ0n) is 6.41. The summed E-state index contributed by atoms with van der Waals surface area (Å²) in [6, 6.07) is 0. The van der Waals surface area contributed by atoms with E-state index >= 15 is 0 Å². The zero-order chi connectivity index (χ0) is 8.72. The highest BCUT2D eigenvalue weighted by atomic mass is 32.1. The molecule has 12 heavy (non-hydrogen) atoms. The minimum absolute atomic E-state index is 0.113. The lowest BCUT2D eigenvalue weighted by Crippen LogP contribution is -2.02. The number of anilines is 2. The van der Waals surface area contributed by atoms with Crippen LogP contribution in [0.4, 0.5) is 10.9 Å². The number of nitrogens with two attached hydrogens (primary N) is 2. The van der Waals surface area contributed by atoms with Crippen LogP contribution in [0, 0.1) is 5.92 Å². The maximum absolute atomic E-state index is 11.5. The molecule has 0 bridgehead atoms. The molecule has 5 heteroatoms. The molecule has 4 nitrogen and oxygen atoms in total. The zero-order valence-corrected chi connectivity index (χ0v) is 7.23. The van der Waals surface area contributed by atoms with Crippen molar-refractivity contribution >= 4 is 28.1 Å². The number of Topliss-reactive ketones (excluding diaryl/α,β-unsaturated/α-hetero) is 1. The minimum Gasteiger partial charge on any atom is -0.382 e. The van der Waals surface area contributed by atoms with Crippen LogP contribution in [0.25, 0.3) is 0 Å². The predicted molar refractivity (Wildman–Crippen MR) is 48.0 cm³/mol. The first-order valence-electron chi connectivity index (χ1n) is 3.74. The second-order valence-electron chi connectivity index (χ2n) is 2.90. The van der Waals surface area contributed by atoms with Gasteiger partial charge in [-0.05, 0) is 12.8 Å². The van der Waals surface area contributed by atoms with Crippen LogP contribution in [0.2, 0.25) is 0 Å². The van der Waals surface area contributed by atoms with Crippen LogP contribution in [0.1, 0.15) is 22.5 Å². The van der Waals surface area contributed by atoms with Gasteiger partial charge in [-0.15, -0.1) is 0 Å². The molecular weight excluding hydrogens is 174 g/mol. The van der Waals surface area contributed by atoms with Crippen molar-refractivity contribution in [1.82, 2.24) is 4.98 Å². The Morgan fingerprint density at radius 1 is 1.50 bits per heavy atom. The molecule has 0 atom stereocenters. The number of rotatable bonds is 2. The first-order chi connectivity index (χ1) is 5.68. The van der Waals surface area contributed by atoms with Crippen LogP contribution in [-0.4, -0.2) is 10.8 Å². The number of carbonyl (C=O) groups excluding carboxylic acids is 1. The molecule has 0 aliphatic heterocycles. The highest BCUT2D eigenvalue weighted by molar-refractivity contribution is 7.17. The van der Waals surface area contributed by atoms with Crippen molar-refractivity contribution in [2.45, 2.75) is 12.8 Å². The molecule has 1 aromatic heterocycles. The number of ketones is 1. The second kappa shape index (κ2) is 2.45. The first-order valence-corrected chi connectivity index (χ1v) is 4.56. The maximum atomic E-state index is 11.5. The number of hydrogen-bond acceptors (Lipinski definition) is 5. The molecule has 1 heterocycles. The van der Waals surface area contributed by atoms with Gasteiger partial charge in [0.05, 0.1) is 0 Å². The summed E-state index contributed by atoms with van der Waals surface area (Å²) in [6.07, 6.45) is 1.96. The third-order valence-electron chi connectivity index (χ3n) is 1.84. The van der Waals surface area contributed by atoms with Gasteiger partial charge in [0.15, 0.2) is 10.9 Å². The van der Waals surface area contributed by atoms with Crippen molar-refractivity contribution in [2.24, 2.45) is 5.92 Å². The Labute approximate surface area is 73.6 Å². The fraction of sp³-hybridized carbons (Fsp3) is 0.429. The van der Waals surface area contributed by atoms with Crippen molar-refractivity contribution in [3.05, 3.63) is 4.88 Å². The van der Waals surface area contributed by atoms with Crippen LogP contribution in [-0.2, 0) is 0 Å². The van der Waals surface area contributed by atoms with Gasteiger partial charge in [0.25, 0.3) is 0 Å². The first kappa shape index (κ1) is 7.54. The van der Waals surface area contributed by atoms with Crippen LogP contribution in [0.3, 0.4) is 0 Å². The summed E-state index contributed by atoms with van der Waals surface area (Å²) in [5.74, 6) is 0.586. The third kappa shape index (κ3) is 1.16. The summed E-state index contributed by atoms with van der Waals surface area (Å²) in [5.41, 5.74) is 10.9. The molecule has 0 radical (unpaired) electrons. The van der Waals surface area contributed by atoms with E-state index in [1.165, 1.54) is 11.3 Å². The lowest BCUT2D eigenvalue weighted by molar-refractivity contribution is 0.0972. The molecule has 0 unspecified atom stereocenters. The van der Waals surface area contributed by atoms with Crippen LogP contribution in [0.5, 0.6) is 0 Å². The Balaban J connectivity index is 2.31. The number of hydrogen-bond donors (Lipinski definition) is 2. The topological polar surface area (TPSA) is 82.0 Å². The fourth-order valence-corrected chi connectivity index (χ4v) is 1.83. The number of thiazole rings is 1. The van der Waals surface area contributed by atoms with E-state index in [-0.39, 0.29) is 17.5 Å². The molecule has 0 saturated heterocycles. The quantitative estimate of drug-likeness (QED) is 0.667. The van der Waals surface area contributed by atoms with Gasteiger partial charge >= 0.3 is 0 Å². The molecule has 1 aliphatic rings. The molecule has 0 amide bonds. The lowest BCUT2D eigenvalue weighted by Gasteiger charge is -1.92. The van der Waals surface area contributed by atoms with E-state index in [1.807, 2.05) is 0 Å². The molecule has 1 aliphatic carbocycles. The van der Waals surface area contributed by atoms with E-state index in [9.17, 15) is 4.79 Å². The highest BCUT2D eigenvalue weighted by Gasteiger charge is 2.32. The molecule has 4 N–H and O–H groups in total. The maximum Gasteiger partial charge on any atom is 0.182 e. The number of carbonyl (C=O) groups is 1. The smallest absolute Gasteiger partial charge is 0.182 e. The summed E-state index contributed by atoms with van der Waals surface area (Å²) in [4.78, 5) is 15.8. The number of nitrogen functional groups attached to an aromatic ring is 2. The molecule has 1 aromatic rings. The van der Waals surface area contributed by atoms with E-state index in [0.29, 0.717) is 10.0 Å². The van der Waals surface area contributed by atoms with Gasteiger partial charge in [-0.1, -0.05) is 11.3 Å². The van der Waals surface area contributed by atoms with Gasteiger partial charge in [-0.3, -0.25) is 4.79 Å². The van der Waals surface area contributed by atoms with E-state index in [1.54, 1.807) is 0 Å². The normalized spacial score (nSPS) is 16.3. The monoisotopic (exact) mass is 183 g/mol. The van der Waals surface area contributed by atoms with E-state index < -0.39 is 0 Å². The molecule has 1 saturated carbocycles. The largest absolute Gasteiger partial charge is 0.382 e. The van der Waals surface area contributed by atoms with Gasteiger partial charge in [0, 0.05) is 5.92 Å². The average molecular weight is 183 g/mol. The Hall–Kier alpha value is -1.10. The van der Waals surface area contributed by atoms with E-state index in [4.69, 9.17) is 11.5 Å². The van der Waals surface area contributed by atoms with Crippen molar-refractivity contribution in [2.75, 3.05) is 11.5 Å². The van der Waals surface area contributed by atoms with Gasteiger partial charge in [0.2, 0.25) is 0 Å². The van der Waals surface area contributed by atoms with Gasteiger partial charge in [-0.25, -0.2) is 4.98 Å². The van der Waals surface area contributed by atoms with Gasteiger partial charge in [0.1, 0.15) is 10.7 Å². The van der Waals surface area contributed by atoms with Crippen LogP contribution >= 0.6 is 11.3 Å². The van der Waals surface area contributed by atoms with Crippen molar-refractivity contribution in [3.63, 3.8) is 0 Å². The Morgan fingerprint density at radius 2 is 2.17 bits per heavy atom. The highest BCUT2D eigenvalue weighted by Crippen LogP contribution is 2.36. The van der Waals surface area contributed by atoms with Crippen molar-refractivity contribution in [3.8, 4) is 0 Å². The minimum atomic E-state index is 0.113. The Kier molecular flexibility index (Phi) is 1.54. The van der Waals surface area contributed by atoms with Gasteiger partial charge < -0.3 is 11.5 Å². The lowest BCUT2D eigenvalue weighted by atomic mass is 10.2. The summed E-state index contributed by atoms with van der Waals surface area (Å²) in [7, 11) is 0. The summed E-state index contributed by atoms with van der Waals surface area (Å²) >= 11 is 1.18. The molecule has 1 fully saturated rings. The molecule has 2 rings (SSSR count). The molecule has 64 valence electrons. The predicted octanol–water partition coefficient (Wildman–Crippen LogP) is 0.900. The summed E-state index contributed by atoms with van der Waals surface area (Å²) < 4.78 is 0. The van der Waals surface area contributed by atoms with Crippen molar-refractivity contribution < 1.29 is 4.79 Å². The SMILES string of the molecule is Nc1nc(N)c(C(=O)C2CC2)s1. The fourth-order valence-electron chi connectivity index (χ4n) is 1.06. The molecular formula is C7H9N3OS. The molecule has 0 spiro atoms. The number of nitrogens with zero attached hydrogens (tertiary/aromatic N) is 1. The van der Waals surface area contributed by atoms with Crippen LogP contribution < -0.4 is 11.5 Å². The van der Waals surface area contributed by atoms with E-state index in [2.05, 4.69) is 4.98 Å². The summed E-state index contributed by atoms with van der Waals surface area (Å²) in [5, 5.41) is 0.372. The van der Waals surface area contributed by atoms with Gasteiger partial charge in [-0.2, -0.15) is 0 Å². The molecule has 0 aromatic carbocycles. The van der Waals surface area contributed by atoms with E-state index in [0.717, 1.165) is 12.8 Å². The van der Waals surface area contributed by atoms with Crippen molar-refractivity contribution in [1.29, 1.82) is 0 Å². The second-order valence-corrected chi connectivity index (χ2v) is 3.94. The third-order valence-corrected chi connectivity index (χ3v) is 2.76. The summed E-state index contributed by atoms with van der Waals surface area (Å²) in [6.45, 7) is 0. The average Bonchev–Trinajstić information content (AvgIpc) is 2.77.